The summed E-state index contributed by atoms with van der Waals surface area (Å²) < 4.78 is 5.33. The molecule has 4 heteroatoms. The minimum absolute atomic E-state index is 0.511. The van der Waals surface area contributed by atoms with Crippen LogP contribution in [0.2, 0.25) is 0 Å². The molecule has 0 spiro atoms. The lowest BCUT2D eigenvalue weighted by Gasteiger charge is -2.12. The van der Waals surface area contributed by atoms with E-state index in [0.29, 0.717) is 24.1 Å². The highest BCUT2D eigenvalue weighted by Crippen LogP contribution is 2.20. The second-order valence-electron chi connectivity index (χ2n) is 3.92. The Morgan fingerprint density at radius 1 is 1.44 bits per heavy atom. The molecule has 1 heterocycles. The molecule has 4 nitrogen and oxygen atoms in total. The Balaban J connectivity index is 2.63. The molecule has 0 saturated heterocycles. The van der Waals surface area contributed by atoms with Gasteiger partial charge in [-0.15, -0.1) is 0 Å². The van der Waals surface area contributed by atoms with Crippen molar-refractivity contribution in [2.24, 2.45) is 5.92 Å². The minimum Gasteiger partial charge on any atom is -0.476 e. The maximum Gasteiger partial charge on any atom is 0.239 e. The van der Waals surface area contributed by atoms with E-state index < -0.39 is 0 Å². The number of nitrogens with zero attached hydrogens (tertiary/aromatic N) is 1. The fourth-order valence-electron chi connectivity index (χ4n) is 1.23. The van der Waals surface area contributed by atoms with E-state index in [1.165, 1.54) is 0 Å². The largest absolute Gasteiger partial charge is 0.476 e. The lowest BCUT2D eigenvalue weighted by atomic mass is 10.1. The molecule has 0 aliphatic heterocycles. The van der Waals surface area contributed by atoms with Gasteiger partial charge in [-0.25, -0.2) is 0 Å². The molecule has 1 aromatic heterocycles. The molecular weight excluding hydrogens is 202 g/mol. The smallest absolute Gasteiger partial charge is 0.239 e. The number of nitrogen functional groups attached to an aromatic ring is 1. The number of hydrogen-bond acceptors (Lipinski definition) is 4. The molecule has 16 heavy (non-hydrogen) atoms. The number of anilines is 2. The van der Waals surface area contributed by atoms with E-state index in [-0.39, 0.29) is 0 Å². The molecule has 0 aliphatic rings. The van der Waals surface area contributed by atoms with Crippen molar-refractivity contribution in [2.45, 2.75) is 27.2 Å². The number of rotatable bonds is 6. The number of pyridine rings is 1. The third-order valence-corrected chi connectivity index (χ3v) is 2.50. The number of nitrogens with two attached hydrogens (primary N) is 1. The Hall–Kier alpha value is -1.45. The van der Waals surface area contributed by atoms with E-state index in [0.717, 1.165) is 18.8 Å². The molecule has 1 rings (SSSR count). The summed E-state index contributed by atoms with van der Waals surface area (Å²) in [5, 5.41) is 3.27. The summed E-state index contributed by atoms with van der Waals surface area (Å²) in [5.41, 5.74) is 6.32. The van der Waals surface area contributed by atoms with Crippen molar-refractivity contribution in [3.8, 4) is 5.88 Å². The molecular formula is C12H21N3O. The van der Waals surface area contributed by atoms with Crippen molar-refractivity contribution >= 4 is 11.5 Å². The zero-order valence-corrected chi connectivity index (χ0v) is 10.3. The molecule has 0 amide bonds. The van der Waals surface area contributed by atoms with Gasteiger partial charge in [0.05, 0.1) is 12.3 Å². The van der Waals surface area contributed by atoms with Crippen molar-refractivity contribution in [3.05, 3.63) is 12.1 Å². The molecule has 0 aliphatic carbocycles. The molecule has 0 fully saturated rings. The molecule has 0 bridgehead atoms. The van der Waals surface area contributed by atoms with Gasteiger partial charge in [0.2, 0.25) is 5.88 Å². The normalized spacial score (nSPS) is 12.2. The van der Waals surface area contributed by atoms with Crippen molar-refractivity contribution < 1.29 is 4.74 Å². The van der Waals surface area contributed by atoms with Crippen molar-refractivity contribution in [2.75, 3.05) is 24.2 Å². The summed E-state index contributed by atoms with van der Waals surface area (Å²) in [4.78, 5) is 4.31. The first kappa shape index (κ1) is 12.6. The van der Waals surface area contributed by atoms with Crippen LogP contribution in [0.4, 0.5) is 11.5 Å². The highest BCUT2D eigenvalue weighted by molar-refractivity contribution is 5.53. The maximum absolute atomic E-state index is 5.74. The van der Waals surface area contributed by atoms with Gasteiger partial charge in [-0.3, -0.25) is 0 Å². The molecule has 1 atom stereocenters. The van der Waals surface area contributed by atoms with Gasteiger partial charge in [-0.1, -0.05) is 20.3 Å². The quantitative estimate of drug-likeness (QED) is 0.778. The van der Waals surface area contributed by atoms with Crippen LogP contribution in [0.3, 0.4) is 0 Å². The SMILES string of the molecule is CCOc1nc(NCC(C)CC)ccc1N. The Morgan fingerprint density at radius 3 is 2.81 bits per heavy atom. The predicted octanol–water partition coefficient (Wildman–Crippen LogP) is 2.52. The number of aromatic nitrogens is 1. The van der Waals surface area contributed by atoms with Gasteiger partial charge in [0.25, 0.3) is 0 Å². The summed E-state index contributed by atoms with van der Waals surface area (Å²) in [5.74, 6) is 1.96. The van der Waals surface area contributed by atoms with Crippen LogP contribution in [-0.2, 0) is 0 Å². The van der Waals surface area contributed by atoms with E-state index in [9.17, 15) is 0 Å². The topological polar surface area (TPSA) is 60.2 Å². The molecule has 0 saturated carbocycles. The van der Waals surface area contributed by atoms with Crippen LogP contribution in [0.15, 0.2) is 12.1 Å². The lowest BCUT2D eigenvalue weighted by molar-refractivity contribution is 0.329. The molecule has 3 N–H and O–H groups in total. The van der Waals surface area contributed by atoms with E-state index in [1.807, 2.05) is 19.1 Å². The summed E-state index contributed by atoms with van der Waals surface area (Å²) in [7, 11) is 0. The monoisotopic (exact) mass is 223 g/mol. The fraction of sp³-hybridized carbons (Fsp3) is 0.583. The molecule has 1 aromatic rings. The standard InChI is InChI=1S/C12H21N3O/c1-4-9(3)8-14-11-7-6-10(13)12(15-11)16-5-2/h6-7,9H,4-5,8,13H2,1-3H3,(H,14,15). The Labute approximate surface area is 97.2 Å². The van der Waals surface area contributed by atoms with Crippen LogP contribution in [0.25, 0.3) is 0 Å². The van der Waals surface area contributed by atoms with Crippen LogP contribution in [0, 0.1) is 5.92 Å². The second kappa shape index (κ2) is 6.20. The Morgan fingerprint density at radius 2 is 2.19 bits per heavy atom. The van der Waals surface area contributed by atoms with Crippen LogP contribution in [0.5, 0.6) is 5.88 Å². The van der Waals surface area contributed by atoms with E-state index in [2.05, 4.69) is 24.1 Å². The van der Waals surface area contributed by atoms with Gasteiger partial charge in [-0.05, 0) is 25.0 Å². The highest BCUT2D eigenvalue weighted by Gasteiger charge is 2.04. The lowest BCUT2D eigenvalue weighted by Crippen LogP contribution is -2.12. The fourth-order valence-corrected chi connectivity index (χ4v) is 1.23. The zero-order chi connectivity index (χ0) is 12.0. The first-order chi connectivity index (χ1) is 7.67. The van der Waals surface area contributed by atoms with E-state index >= 15 is 0 Å². The first-order valence-electron chi connectivity index (χ1n) is 5.80. The third-order valence-electron chi connectivity index (χ3n) is 2.50. The average Bonchev–Trinajstić information content (AvgIpc) is 2.30. The number of hydrogen-bond donors (Lipinski definition) is 2. The summed E-state index contributed by atoms with van der Waals surface area (Å²) in [6, 6.07) is 3.69. The van der Waals surface area contributed by atoms with E-state index in [4.69, 9.17) is 10.5 Å². The second-order valence-corrected chi connectivity index (χ2v) is 3.92. The van der Waals surface area contributed by atoms with Crippen LogP contribution >= 0.6 is 0 Å². The molecule has 0 radical (unpaired) electrons. The van der Waals surface area contributed by atoms with E-state index in [1.54, 1.807) is 0 Å². The number of ether oxygens (including phenoxy) is 1. The predicted molar refractivity (Wildman–Crippen MR) is 67.8 cm³/mol. The highest BCUT2D eigenvalue weighted by atomic mass is 16.5. The van der Waals surface area contributed by atoms with Crippen LogP contribution < -0.4 is 15.8 Å². The van der Waals surface area contributed by atoms with Gasteiger partial charge >= 0.3 is 0 Å². The van der Waals surface area contributed by atoms with Crippen molar-refractivity contribution in [3.63, 3.8) is 0 Å². The summed E-state index contributed by atoms with van der Waals surface area (Å²) in [6.45, 7) is 7.79. The van der Waals surface area contributed by atoms with Crippen LogP contribution in [0.1, 0.15) is 27.2 Å². The van der Waals surface area contributed by atoms with Gasteiger partial charge in [0.15, 0.2) is 0 Å². The molecule has 90 valence electrons. The average molecular weight is 223 g/mol. The Kier molecular flexibility index (Phi) is 4.89. The van der Waals surface area contributed by atoms with Gasteiger partial charge < -0.3 is 15.8 Å². The number of nitrogens with one attached hydrogen (secondary N) is 1. The molecule has 0 aromatic carbocycles. The Bertz CT molecular complexity index is 328. The van der Waals surface area contributed by atoms with Crippen molar-refractivity contribution in [1.82, 2.24) is 4.98 Å². The minimum atomic E-state index is 0.511. The van der Waals surface area contributed by atoms with Crippen LogP contribution in [-0.4, -0.2) is 18.1 Å². The van der Waals surface area contributed by atoms with Gasteiger partial charge in [-0.2, -0.15) is 4.98 Å². The van der Waals surface area contributed by atoms with Gasteiger partial charge in [0, 0.05) is 6.54 Å². The van der Waals surface area contributed by atoms with Gasteiger partial charge in [0.1, 0.15) is 5.82 Å². The summed E-state index contributed by atoms with van der Waals surface area (Å²) in [6.07, 6.45) is 1.15. The zero-order valence-electron chi connectivity index (χ0n) is 10.3. The third kappa shape index (κ3) is 3.61. The van der Waals surface area contributed by atoms with Crippen molar-refractivity contribution in [1.29, 1.82) is 0 Å². The summed E-state index contributed by atoms with van der Waals surface area (Å²) >= 11 is 0. The maximum atomic E-state index is 5.74. The first-order valence-corrected chi connectivity index (χ1v) is 5.80. The molecule has 1 unspecified atom stereocenters.